The van der Waals surface area contributed by atoms with Crippen LogP contribution in [0.25, 0.3) is 0 Å². The predicted molar refractivity (Wildman–Crippen MR) is 59.5 cm³/mol. The SMILES string of the molecule is N#CSC1=C(N)C(=O)c2ccccc2C1=O. The van der Waals surface area contributed by atoms with Gasteiger partial charge in [0.2, 0.25) is 11.6 Å². The van der Waals surface area contributed by atoms with Crippen molar-refractivity contribution in [1.29, 1.82) is 5.26 Å². The number of ketones is 2. The van der Waals surface area contributed by atoms with Gasteiger partial charge in [-0.1, -0.05) is 24.3 Å². The van der Waals surface area contributed by atoms with Crippen molar-refractivity contribution in [3.63, 3.8) is 0 Å². The van der Waals surface area contributed by atoms with Crippen molar-refractivity contribution in [3.8, 4) is 5.40 Å². The highest BCUT2D eigenvalue weighted by Gasteiger charge is 2.30. The molecule has 78 valence electrons. The summed E-state index contributed by atoms with van der Waals surface area (Å²) in [4.78, 5) is 23.7. The van der Waals surface area contributed by atoms with Crippen molar-refractivity contribution < 1.29 is 9.59 Å². The number of thioether (sulfide) groups is 1. The number of nitrogens with two attached hydrogens (primary N) is 1. The summed E-state index contributed by atoms with van der Waals surface area (Å²) in [7, 11) is 0. The number of hydrogen-bond acceptors (Lipinski definition) is 5. The number of nitrogens with zero attached hydrogens (tertiary/aromatic N) is 1. The molecular formula is C11H6N2O2S. The van der Waals surface area contributed by atoms with Crippen molar-refractivity contribution >= 4 is 23.3 Å². The van der Waals surface area contributed by atoms with Crippen LogP contribution in [-0.4, -0.2) is 11.6 Å². The molecule has 5 heteroatoms. The largest absolute Gasteiger partial charge is 0.394 e. The van der Waals surface area contributed by atoms with E-state index >= 15 is 0 Å². The lowest BCUT2D eigenvalue weighted by atomic mass is 9.93. The molecule has 0 amide bonds. The average Bonchev–Trinajstić information content (AvgIpc) is 2.32. The number of allylic oxidation sites excluding steroid dienone is 2. The predicted octanol–water partition coefficient (Wildman–Crippen LogP) is 1.45. The second kappa shape index (κ2) is 3.83. The van der Waals surface area contributed by atoms with Gasteiger partial charge in [0, 0.05) is 11.1 Å². The molecule has 0 radical (unpaired) electrons. The maximum absolute atomic E-state index is 11.9. The van der Waals surface area contributed by atoms with Gasteiger partial charge in [0.05, 0.1) is 10.6 Å². The summed E-state index contributed by atoms with van der Waals surface area (Å²) in [5.41, 5.74) is 6.01. The molecule has 0 bridgehead atoms. The number of rotatable bonds is 1. The molecule has 0 aliphatic heterocycles. The van der Waals surface area contributed by atoms with Gasteiger partial charge >= 0.3 is 0 Å². The third kappa shape index (κ3) is 1.40. The Morgan fingerprint density at radius 1 is 1.12 bits per heavy atom. The number of fused-ring (bicyclic) bond motifs is 1. The van der Waals surface area contributed by atoms with E-state index in [2.05, 4.69) is 0 Å². The standard InChI is InChI=1S/C11H6N2O2S/c12-5-16-11-8(13)9(14)6-3-1-2-4-7(6)10(11)15/h1-4H,13H2. The summed E-state index contributed by atoms with van der Waals surface area (Å²) >= 11 is 0.626. The normalized spacial score (nSPS) is 14.7. The molecule has 0 unspecified atom stereocenters. The number of carbonyl (C=O) groups is 2. The Morgan fingerprint density at radius 3 is 2.25 bits per heavy atom. The lowest BCUT2D eigenvalue weighted by molar-refractivity contribution is 0.0980. The fourth-order valence-corrected chi connectivity index (χ4v) is 2.02. The molecule has 0 saturated heterocycles. The first-order valence-electron chi connectivity index (χ1n) is 4.41. The van der Waals surface area contributed by atoms with Gasteiger partial charge < -0.3 is 5.73 Å². The van der Waals surface area contributed by atoms with Crippen LogP contribution in [0.15, 0.2) is 34.9 Å². The highest BCUT2D eigenvalue weighted by molar-refractivity contribution is 8.08. The summed E-state index contributed by atoms with van der Waals surface area (Å²) in [6.45, 7) is 0. The highest BCUT2D eigenvalue weighted by atomic mass is 32.2. The van der Waals surface area contributed by atoms with E-state index in [1.807, 2.05) is 0 Å². The summed E-state index contributed by atoms with van der Waals surface area (Å²) < 4.78 is 0. The number of Topliss-reactive ketones (excluding diaryl/α,β-unsaturated/α-hetero) is 2. The van der Waals surface area contributed by atoms with E-state index < -0.39 is 5.78 Å². The van der Waals surface area contributed by atoms with Crippen LogP contribution in [0.5, 0.6) is 0 Å². The Morgan fingerprint density at radius 2 is 1.69 bits per heavy atom. The van der Waals surface area contributed by atoms with Gasteiger partial charge in [-0.25, -0.2) is 0 Å². The van der Waals surface area contributed by atoms with E-state index in [1.54, 1.807) is 29.7 Å². The third-order valence-electron chi connectivity index (χ3n) is 2.26. The Hall–Kier alpha value is -2.06. The quantitative estimate of drug-likeness (QED) is 0.738. The molecule has 0 atom stereocenters. The van der Waals surface area contributed by atoms with Crippen LogP contribution in [0, 0.1) is 10.7 Å². The third-order valence-corrected chi connectivity index (χ3v) is 2.96. The van der Waals surface area contributed by atoms with E-state index in [4.69, 9.17) is 11.0 Å². The van der Waals surface area contributed by atoms with Crippen molar-refractivity contribution in [3.05, 3.63) is 46.0 Å². The zero-order valence-corrected chi connectivity index (χ0v) is 8.88. The van der Waals surface area contributed by atoms with E-state index in [0.29, 0.717) is 22.9 Å². The highest BCUT2D eigenvalue weighted by Crippen LogP contribution is 2.29. The molecule has 0 heterocycles. The minimum Gasteiger partial charge on any atom is -0.394 e. The molecule has 0 saturated carbocycles. The molecule has 1 aromatic carbocycles. The summed E-state index contributed by atoms with van der Waals surface area (Å²) in [6, 6.07) is 6.44. The van der Waals surface area contributed by atoms with E-state index in [-0.39, 0.29) is 16.4 Å². The first-order valence-corrected chi connectivity index (χ1v) is 5.22. The van der Waals surface area contributed by atoms with Gasteiger partial charge in [-0.15, -0.1) is 0 Å². The molecule has 16 heavy (non-hydrogen) atoms. The molecular weight excluding hydrogens is 224 g/mol. The molecule has 4 nitrogen and oxygen atoms in total. The van der Waals surface area contributed by atoms with E-state index in [9.17, 15) is 9.59 Å². The van der Waals surface area contributed by atoms with Gasteiger partial charge in [0.15, 0.2) is 0 Å². The van der Waals surface area contributed by atoms with Crippen molar-refractivity contribution in [1.82, 2.24) is 0 Å². The van der Waals surface area contributed by atoms with Crippen molar-refractivity contribution in [2.75, 3.05) is 0 Å². The van der Waals surface area contributed by atoms with E-state index in [0.717, 1.165) is 0 Å². The first-order chi connectivity index (χ1) is 7.66. The summed E-state index contributed by atoms with van der Waals surface area (Å²) in [5.74, 6) is -0.757. The minimum absolute atomic E-state index is 0.0196. The first kappa shape index (κ1) is 10.5. The fourth-order valence-electron chi connectivity index (χ4n) is 1.52. The number of hydrogen-bond donors (Lipinski definition) is 1. The number of nitriles is 1. The summed E-state index contributed by atoms with van der Waals surface area (Å²) in [6.07, 6.45) is 0. The van der Waals surface area contributed by atoms with Crippen LogP contribution in [0.3, 0.4) is 0 Å². The molecule has 1 aliphatic rings. The van der Waals surface area contributed by atoms with Gasteiger partial charge in [0.25, 0.3) is 0 Å². The maximum Gasteiger partial charge on any atom is 0.210 e. The van der Waals surface area contributed by atoms with Crippen LogP contribution in [-0.2, 0) is 0 Å². The molecule has 1 aliphatic carbocycles. The number of thiocyanates is 1. The molecule has 2 N–H and O–H groups in total. The zero-order chi connectivity index (χ0) is 11.7. The Labute approximate surface area is 95.7 Å². The van der Waals surface area contributed by atoms with Gasteiger partial charge in [-0.2, -0.15) is 5.26 Å². The zero-order valence-electron chi connectivity index (χ0n) is 8.06. The number of benzene rings is 1. The van der Waals surface area contributed by atoms with Crippen LogP contribution < -0.4 is 5.73 Å². The lowest BCUT2D eigenvalue weighted by Crippen LogP contribution is -2.25. The van der Waals surface area contributed by atoms with Crippen molar-refractivity contribution in [2.45, 2.75) is 0 Å². The molecule has 1 aromatic rings. The Kier molecular flexibility index (Phi) is 2.50. The van der Waals surface area contributed by atoms with Gasteiger partial charge in [-0.3, -0.25) is 9.59 Å². The average molecular weight is 230 g/mol. The topological polar surface area (TPSA) is 83.9 Å². The van der Waals surface area contributed by atoms with Crippen molar-refractivity contribution in [2.24, 2.45) is 5.73 Å². The molecule has 0 aromatic heterocycles. The van der Waals surface area contributed by atoms with Gasteiger partial charge in [0.1, 0.15) is 5.40 Å². The summed E-state index contributed by atoms with van der Waals surface area (Å²) in [5, 5.41) is 10.3. The fraction of sp³-hybridized carbons (Fsp3) is 0. The number of carbonyl (C=O) groups excluding carboxylic acids is 2. The maximum atomic E-state index is 11.9. The molecule has 2 rings (SSSR count). The van der Waals surface area contributed by atoms with Crippen LogP contribution in [0.4, 0.5) is 0 Å². The molecule has 0 spiro atoms. The smallest absolute Gasteiger partial charge is 0.210 e. The Bertz CT molecular complexity index is 570. The van der Waals surface area contributed by atoms with Crippen LogP contribution in [0.2, 0.25) is 0 Å². The van der Waals surface area contributed by atoms with Gasteiger partial charge in [-0.05, 0) is 11.8 Å². The van der Waals surface area contributed by atoms with Crippen LogP contribution >= 0.6 is 11.8 Å². The van der Waals surface area contributed by atoms with E-state index in [1.165, 1.54) is 0 Å². The minimum atomic E-state index is -0.395. The molecule has 0 fully saturated rings. The lowest BCUT2D eigenvalue weighted by Gasteiger charge is -2.15. The second-order valence-electron chi connectivity index (χ2n) is 3.14. The Balaban J connectivity index is 2.64. The monoisotopic (exact) mass is 230 g/mol. The second-order valence-corrected chi connectivity index (χ2v) is 3.93. The van der Waals surface area contributed by atoms with Crippen LogP contribution in [0.1, 0.15) is 20.7 Å².